The quantitative estimate of drug-likeness (QED) is 0.496. The Balaban J connectivity index is 1.32. The van der Waals surface area contributed by atoms with Gasteiger partial charge in [0.05, 0.1) is 6.10 Å². The van der Waals surface area contributed by atoms with Crippen LogP contribution in [-0.4, -0.2) is 64.1 Å². The van der Waals surface area contributed by atoms with Crippen LogP contribution in [-0.2, 0) is 27.4 Å². The van der Waals surface area contributed by atoms with Gasteiger partial charge in [0.1, 0.15) is 11.7 Å². The summed E-state index contributed by atoms with van der Waals surface area (Å²) in [6, 6.07) is 5.51. The molecule has 190 valence electrons. The maximum absolute atomic E-state index is 15.4. The van der Waals surface area contributed by atoms with E-state index < -0.39 is 30.2 Å². The van der Waals surface area contributed by atoms with Crippen LogP contribution in [0.4, 0.5) is 17.6 Å². The fraction of sp³-hybridized carbons (Fsp3) is 0.417. The normalized spacial score (nSPS) is 22.8. The number of alkyl halides is 3. The molecular formula is C24H22F4N4O4. The smallest absolute Gasteiger partial charge is 0.322 e. The van der Waals surface area contributed by atoms with Crippen molar-refractivity contribution in [2.45, 2.75) is 50.9 Å². The Kier molecular flexibility index (Phi) is 6.25. The fourth-order valence-corrected chi connectivity index (χ4v) is 5.00. The first-order valence-corrected chi connectivity index (χ1v) is 11.5. The number of hydrogen-bond acceptors (Lipinski definition) is 6. The summed E-state index contributed by atoms with van der Waals surface area (Å²) < 4.78 is 56.9. The van der Waals surface area contributed by atoms with E-state index >= 15 is 4.39 Å². The van der Waals surface area contributed by atoms with E-state index in [-0.39, 0.29) is 62.0 Å². The van der Waals surface area contributed by atoms with E-state index in [0.29, 0.717) is 23.2 Å². The maximum atomic E-state index is 15.4. The van der Waals surface area contributed by atoms with Gasteiger partial charge in [-0.3, -0.25) is 34.3 Å². The summed E-state index contributed by atoms with van der Waals surface area (Å²) in [5, 5.41) is 2.25. The molecule has 1 N–H and O–H groups in total. The molecule has 2 aromatic rings. The first kappa shape index (κ1) is 24.3. The van der Waals surface area contributed by atoms with Crippen LogP contribution in [0.25, 0.3) is 11.3 Å². The number of nitrogens with zero attached hydrogens (tertiary/aromatic N) is 3. The molecule has 36 heavy (non-hydrogen) atoms. The van der Waals surface area contributed by atoms with Crippen LogP contribution in [0, 0.1) is 5.82 Å². The highest BCUT2D eigenvalue weighted by Gasteiger charge is 2.39. The van der Waals surface area contributed by atoms with Crippen molar-refractivity contribution >= 4 is 17.7 Å². The third-order valence-corrected chi connectivity index (χ3v) is 6.69. The summed E-state index contributed by atoms with van der Waals surface area (Å²) in [6.07, 6.45) is -3.69. The summed E-state index contributed by atoms with van der Waals surface area (Å²) in [7, 11) is 0. The Morgan fingerprint density at radius 3 is 2.69 bits per heavy atom. The van der Waals surface area contributed by atoms with Crippen LogP contribution < -0.4 is 5.32 Å². The average Bonchev–Trinajstić information content (AvgIpc) is 3.37. The van der Waals surface area contributed by atoms with E-state index in [1.807, 2.05) is 0 Å². The third-order valence-electron chi connectivity index (χ3n) is 6.69. The molecule has 3 aliphatic rings. The van der Waals surface area contributed by atoms with Crippen LogP contribution in [0.15, 0.2) is 30.5 Å². The number of benzene rings is 1. The van der Waals surface area contributed by atoms with Crippen LogP contribution in [0.5, 0.6) is 0 Å². The number of rotatable bonds is 5. The Hall–Kier alpha value is -3.38. The van der Waals surface area contributed by atoms with Gasteiger partial charge in [-0.15, -0.1) is 13.2 Å². The molecule has 2 atom stereocenters. The second-order valence-corrected chi connectivity index (χ2v) is 9.11. The lowest BCUT2D eigenvalue weighted by Crippen LogP contribution is -2.52. The lowest BCUT2D eigenvalue weighted by atomic mass is 10.0. The highest BCUT2D eigenvalue weighted by Crippen LogP contribution is 2.32. The molecule has 0 bridgehead atoms. The molecule has 0 radical (unpaired) electrons. The van der Waals surface area contributed by atoms with E-state index in [0.717, 1.165) is 0 Å². The van der Waals surface area contributed by atoms with Gasteiger partial charge in [0.15, 0.2) is 5.82 Å². The standard InChI is InChI=1S/C24H22F4N4O4/c25-20-14(10-31-8-6-16(12-31)36-24(26,27)28)5-7-29-21(20)13-1-2-17-15(9-13)11-32(23(17)35)18-3-4-19(33)30-22(18)34/h1-2,5,7,9,16,18H,3-4,6,8,10-12H2,(H,30,33,34). The monoisotopic (exact) mass is 506 g/mol. The molecule has 8 nitrogen and oxygen atoms in total. The summed E-state index contributed by atoms with van der Waals surface area (Å²) in [4.78, 5) is 43.8. The fourth-order valence-electron chi connectivity index (χ4n) is 5.00. The first-order valence-electron chi connectivity index (χ1n) is 11.5. The zero-order chi connectivity index (χ0) is 25.6. The number of fused-ring (bicyclic) bond motifs is 1. The maximum Gasteiger partial charge on any atom is 0.522 e. The van der Waals surface area contributed by atoms with Crippen LogP contribution in [0.3, 0.4) is 0 Å². The van der Waals surface area contributed by atoms with E-state index in [1.165, 1.54) is 17.2 Å². The van der Waals surface area contributed by atoms with Crippen molar-refractivity contribution in [2.24, 2.45) is 0 Å². The number of amides is 3. The zero-order valence-electron chi connectivity index (χ0n) is 19.0. The Bertz CT molecular complexity index is 1240. The molecule has 4 heterocycles. The number of aromatic nitrogens is 1. The third kappa shape index (κ3) is 4.82. The lowest BCUT2D eigenvalue weighted by molar-refractivity contribution is -0.340. The number of piperidine rings is 1. The summed E-state index contributed by atoms with van der Waals surface area (Å²) >= 11 is 0. The van der Waals surface area contributed by atoms with Crippen LogP contribution in [0.2, 0.25) is 0 Å². The average molecular weight is 506 g/mol. The molecule has 2 unspecified atom stereocenters. The number of likely N-dealkylation sites (tertiary alicyclic amines) is 1. The molecule has 0 aliphatic carbocycles. The number of hydrogen-bond donors (Lipinski definition) is 1. The topological polar surface area (TPSA) is 91.8 Å². The van der Waals surface area contributed by atoms with Crippen molar-refractivity contribution in [3.8, 4) is 11.3 Å². The van der Waals surface area contributed by atoms with E-state index in [4.69, 9.17) is 0 Å². The highest BCUT2D eigenvalue weighted by atomic mass is 19.4. The van der Waals surface area contributed by atoms with Crippen molar-refractivity contribution in [1.82, 2.24) is 20.1 Å². The van der Waals surface area contributed by atoms with Gasteiger partial charge in [-0.1, -0.05) is 6.07 Å². The molecule has 1 aromatic carbocycles. The van der Waals surface area contributed by atoms with Crippen LogP contribution >= 0.6 is 0 Å². The summed E-state index contributed by atoms with van der Waals surface area (Å²) in [5.41, 5.74) is 1.79. The van der Waals surface area contributed by atoms with Crippen molar-refractivity contribution in [1.29, 1.82) is 0 Å². The largest absolute Gasteiger partial charge is 0.522 e. The Morgan fingerprint density at radius 1 is 1.14 bits per heavy atom. The number of nitrogens with one attached hydrogen (secondary N) is 1. The molecule has 0 saturated carbocycles. The second kappa shape index (κ2) is 9.25. The predicted molar refractivity (Wildman–Crippen MR) is 116 cm³/mol. The minimum atomic E-state index is -4.71. The summed E-state index contributed by atoms with van der Waals surface area (Å²) in [6.45, 7) is 0.623. The molecule has 1 aromatic heterocycles. The summed E-state index contributed by atoms with van der Waals surface area (Å²) in [5.74, 6) is -1.82. The Morgan fingerprint density at radius 2 is 1.94 bits per heavy atom. The van der Waals surface area contributed by atoms with E-state index in [2.05, 4.69) is 15.0 Å². The van der Waals surface area contributed by atoms with Gasteiger partial charge >= 0.3 is 6.36 Å². The highest BCUT2D eigenvalue weighted by molar-refractivity contribution is 6.05. The van der Waals surface area contributed by atoms with Crippen molar-refractivity contribution in [2.75, 3.05) is 13.1 Å². The van der Waals surface area contributed by atoms with E-state index in [1.54, 1.807) is 23.1 Å². The number of ether oxygens (including phenoxy) is 1. The van der Waals surface area contributed by atoms with Crippen molar-refractivity contribution in [3.05, 3.63) is 53.0 Å². The van der Waals surface area contributed by atoms with E-state index in [9.17, 15) is 27.6 Å². The van der Waals surface area contributed by atoms with Crippen molar-refractivity contribution < 1.29 is 36.7 Å². The molecular weight excluding hydrogens is 484 g/mol. The minimum absolute atomic E-state index is 0.0355. The van der Waals surface area contributed by atoms with Gasteiger partial charge < -0.3 is 4.90 Å². The molecule has 0 spiro atoms. The van der Waals surface area contributed by atoms with Gasteiger partial charge in [-0.25, -0.2) is 4.39 Å². The van der Waals surface area contributed by atoms with Crippen molar-refractivity contribution in [3.63, 3.8) is 0 Å². The molecule has 2 saturated heterocycles. The predicted octanol–water partition coefficient (Wildman–Crippen LogP) is 2.76. The van der Waals surface area contributed by atoms with Gasteiger partial charge in [-0.05, 0) is 36.6 Å². The molecule has 3 aliphatic heterocycles. The van der Waals surface area contributed by atoms with Gasteiger partial charge in [0, 0.05) is 55.5 Å². The Labute approximate surface area is 203 Å². The molecule has 2 fully saturated rings. The van der Waals surface area contributed by atoms with Crippen LogP contribution in [0.1, 0.15) is 40.7 Å². The number of carbonyl (C=O) groups excluding carboxylic acids is 3. The first-order chi connectivity index (χ1) is 17.1. The number of halogens is 4. The zero-order valence-corrected chi connectivity index (χ0v) is 19.0. The molecule has 3 amide bonds. The number of carbonyl (C=O) groups is 3. The molecule has 12 heteroatoms. The molecule has 5 rings (SSSR count). The van der Waals surface area contributed by atoms with Gasteiger partial charge in [0.2, 0.25) is 11.8 Å². The number of imide groups is 1. The van der Waals surface area contributed by atoms with Gasteiger partial charge in [0.25, 0.3) is 5.91 Å². The van der Waals surface area contributed by atoms with Gasteiger partial charge in [-0.2, -0.15) is 0 Å². The number of pyridine rings is 1. The lowest BCUT2D eigenvalue weighted by Gasteiger charge is -2.29. The SMILES string of the molecule is O=C1CCC(N2Cc3cc(-c4nccc(CN5CCC(OC(F)(F)F)C5)c4F)ccc3C2=O)C(=O)N1. The minimum Gasteiger partial charge on any atom is -0.322 e. The second-order valence-electron chi connectivity index (χ2n) is 9.11.